The van der Waals surface area contributed by atoms with Crippen LogP contribution in [0.5, 0.6) is 11.5 Å². The quantitative estimate of drug-likeness (QED) is 0.837. The van der Waals surface area contributed by atoms with Crippen molar-refractivity contribution >= 4 is 5.91 Å². The number of amides is 1. The molecule has 4 heteroatoms. The zero-order valence-electron chi connectivity index (χ0n) is 13.2. The number of aryl methyl sites for hydroxylation is 1. The molecule has 0 N–H and O–H groups in total. The second-order valence-corrected chi connectivity index (χ2v) is 5.75. The molecule has 0 aromatic heterocycles. The fourth-order valence-corrected chi connectivity index (χ4v) is 2.70. The van der Waals surface area contributed by atoms with Gasteiger partial charge in [-0.1, -0.05) is 13.0 Å². The highest BCUT2D eigenvalue weighted by atomic mass is 16.5. The number of rotatable bonds is 5. The predicted octanol–water partition coefficient (Wildman–Crippen LogP) is 2.89. The van der Waals surface area contributed by atoms with Crippen LogP contribution in [0, 0.1) is 5.92 Å². The number of hydrogen-bond acceptors (Lipinski definition) is 3. The molecule has 1 heterocycles. The Morgan fingerprint density at radius 2 is 1.86 bits per heavy atom. The summed E-state index contributed by atoms with van der Waals surface area (Å²) in [6, 6.07) is 5.83. The number of carbonyl (C=O) groups is 1. The predicted molar refractivity (Wildman–Crippen MR) is 82.8 cm³/mol. The zero-order chi connectivity index (χ0) is 15.2. The average Bonchev–Trinajstić information content (AvgIpc) is 2.52. The Labute approximate surface area is 127 Å². The average molecular weight is 291 g/mol. The summed E-state index contributed by atoms with van der Waals surface area (Å²) in [6.07, 6.45) is 3.55. The van der Waals surface area contributed by atoms with Gasteiger partial charge in [0.2, 0.25) is 5.91 Å². The van der Waals surface area contributed by atoms with Crippen LogP contribution in [0.1, 0.15) is 31.7 Å². The Bertz CT molecular complexity index is 479. The molecule has 0 atom stereocenters. The Morgan fingerprint density at radius 1 is 1.19 bits per heavy atom. The summed E-state index contributed by atoms with van der Waals surface area (Å²) in [6.45, 7) is 4.07. The maximum Gasteiger partial charge on any atom is 0.222 e. The highest BCUT2D eigenvalue weighted by Crippen LogP contribution is 2.28. The summed E-state index contributed by atoms with van der Waals surface area (Å²) in [4.78, 5) is 14.2. The Balaban J connectivity index is 1.89. The first-order valence-electron chi connectivity index (χ1n) is 7.62. The molecule has 2 rings (SSSR count). The first-order chi connectivity index (χ1) is 10.1. The summed E-state index contributed by atoms with van der Waals surface area (Å²) in [5.74, 6) is 2.45. The van der Waals surface area contributed by atoms with Gasteiger partial charge in [-0.2, -0.15) is 0 Å². The lowest BCUT2D eigenvalue weighted by Gasteiger charge is -2.30. The lowest BCUT2D eigenvalue weighted by atomic mass is 9.98. The smallest absolute Gasteiger partial charge is 0.222 e. The molecule has 4 nitrogen and oxygen atoms in total. The molecule has 1 aliphatic heterocycles. The molecule has 0 saturated carbocycles. The van der Waals surface area contributed by atoms with Crippen LogP contribution in [0.4, 0.5) is 0 Å². The Hall–Kier alpha value is -1.71. The number of likely N-dealkylation sites (tertiary alicyclic amines) is 1. The fraction of sp³-hybridized carbons (Fsp3) is 0.588. The first-order valence-corrected chi connectivity index (χ1v) is 7.62. The monoisotopic (exact) mass is 291 g/mol. The Morgan fingerprint density at radius 3 is 2.48 bits per heavy atom. The van der Waals surface area contributed by atoms with Gasteiger partial charge in [-0.25, -0.2) is 0 Å². The first kappa shape index (κ1) is 15.7. The minimum atomic E-state index is 0.261. The summed E-state index contributed by atoms with van der Waals surface area (Å²) in [7, 11) is 3.25. The standard InChI is InChI=1S/C17H25NO3/c1-13-8-10-18(11-9-13)17(19)7-5-14-4-6-15(20-2)16(12-14)21-3/h4,6,12-13H,5,7-11H2,1-3H3. The molecule has 1 aliphatic rings. The zero-order valence-corrected chi connectivity index (χ0v) is 13.2. The van der Waals surface area contributed by atoms with E-state index < -0.39 is 0 Å². The molecule has 0 unspecified atom stereocenters. The molecule has 1 aromatic carbocycles. The van der Waals surface area contributed by atoms with Crippen LogP contribution in [0.25, 0.3) is 0 Å². The van der Waals surface area contributed by atoms with E-state index in [2.05, 4.69) is 6.92 Å². The molecule has 0 spiro atoms. The van der Waals surface area contributed by atoms with Crippen molar-refractivity contribution in [2.75, 3.05) is 27.3 Å². The van der Waals surface area contributed by atoms with E-state index in [1.165, 1.54) is 0 Å². The molecule has 1 aromatic rings. The number of ether oxygens (including phenoxy) is 2. The number of benzene rings is 1. The van der Waals surface area contributed by atoms with Crippen molar-refractivity contribution in [2.45, 2.75) is 32.6 Å². The summed E-state index contributed by atoms with van der Waals surface area (Å²) < 4.78 is 10.5. The number of nitrogens with zero attached hydrogens (tertiary/aromatic N) is 1. The van der Waals surface area contributed by atoms with Crippen molar-refractivity contribution in [3.8, 4) is 11.5 Å². The van der Waals surface area contributed by atoms with E-state index in [0.29, 0.717) is 12.2 Å². The summed E-state index contributed by atoms with van der Waals surface area (Å²) >= 11 is 0. The molecule has 0 bridgehead atoms. The van der Waals surface area contributed by atoms with Gasteiger partial charge in [0.05, 0.1) is 14.2 Å². The summed E-state index contributed by atoms with van der Waals surface area (Å²) in [5, 5.41) is 0. The van der Waals surface area contributed by atoms with Crippen molar-refractivity contribution in [2.24, 2.45) is 5.92 Å². The second-order valence-electron chi connectivity index (χ2n) is 5.75. The van der Waals surface area contributed by atoms with Gasteiger partial charge < -0.3 is 14.4 Å². The molecule has 1 saturated heterocycles. The van der Waals surface area contributed by atoms with Crippen LogP contribution in [0.2, 0.25) is 0 Å². The van der Waals surface area contributed by atoms with Gasteiger partial charge in [0.25, 0.3) is 0 Å². The summed E-state index contributed by atoms with van der Waals surface area (Å²) in [5.41, 5.74) is 1.10. The van der Waals surface area contributed by atoms with Crippen molar-refractivity contribution in [1.29, 1.82) is 0 Å². The number of carbonyl (C=O) groups excluding carboxylic acids is 1. The van der Waals surface area contributed by atoms with Crippen LogP contribution in [0.3, 0.4) is 0 Å². The maximum absolute atomic E-state index is 12.2. The van der Waals surface area contributed by atoms with Gasteiger partial charge in [0.15, 0.2) is 11.5 Å². The number of piperidine rings is 1. The van der Waals surface area contributed by atoms with Crippen LogP contribution in [-0.2, 0) is 11.2 Å². The molecule has 1 amide bonds. The lowest BCUT2D eigenvalue weighted by Crippen LogP contribution is -2.37. The van der Waals surface area contributed by atoms with Crippen molar-refractivity contribution in [3.05, 3.63) is 23.8 Å². The van der Waals surface area contributed by atoms with Gasteiger partial charge in [0, 0.05) is 19.5 Å². The van der Waals surface area contributed by atoms with Crippen molar-refractivity contribution in [1.82, 2.24) is 4.90 Å². The van der Waals surface area contributed by atoms with E-state index in [0.717, 1.165) is 49.6 Å². The van der Waals surface area contributed by atoms with E-state index in [1.54, 1.807) is 14.2 Å². The van der Waals surface area contributed by atoms with Crippen LogP contribution < -0.4 is 9.47 Å². The fourth-order valence-electron chi connectivity index (χ4n) is 2.70. The minimum absolute atomic E-state index is 0.261. The van der Waals surface area contributed by atoms with Gasteiger partial charge in [-0.05, 0) is 42.9 Å². The van der Waals surface area contributed by atoms with E-state index in [4.69, 9.17) is 9.47 Å². The largest absolute Gasteiger partial charge is 0.493 e. The van der Waals surface area contributed by atoms with E-state index in [1.807, 2.05) is 23.1 Å². The molecule has 1 fully saturated rings. The number of hydrogen-bond donors (Lipinski definition) is 0. The lowest BCUT2D eigenvalue weighted by molar-refractivity contribution is -0.132. The third-order valence-electron chi connectivity index (χ3n) is 4.21. The normalized spacial score (nSPS) is 15.9. The van der Waals surface area contributed by atoms with Gasteiger partial charge >= 0.3 is 0 Å². The SMILES string of the molecule is COc1ccc(CCC(=O)N2CCC(C)CC2)cc1OC. The third kappa shape index (κ3) is 4.13. The van der Waals surface area contributed by atoms with Crippen LogP contribution in [-0.4, -0.2) is 38.1 Å². The molecular formula is C17H25NO3. The highest BCUT2D eigenvalue weighted by Gasteiger charge is 2.19. The van der Waals surface area contributed by atoms with E-state index in [9.17, 15) is 4.79 Å². The molecular weight excluding hydrogens is 266 g/mol. The topological polar surface area (TPSA) is 38.8 Å². The van der Waals surface area contributed by atoms with E-state index >= 15 is 0 Å². The molecule has 0 radical (unpaired) electrons. The van der Waals surface area contributed by atoms with Gasteiger partial charge in [-0.15, -0.1) is 0 Å². The van der Waals surface area contributed by atoms with Gasteiger partial charge in [-0.3, -0.25) is 4.79 Å². The van der Waals surface area contributed by atoms with Crippen molar-refractivity contribution in [3.63, 3.8) is 0 Å². The van der Waals surface area contributed by atoms with Crippen LogP contribution in [0.15, 0.2) is 18.2 Å². The maximum atomic E-state index is 12.2. The molecule has 116 valence electrons. The van der Waals surface area contributed by atoms with Crippen molar-refractivity contribution < 1.29 is 14.3 Å². The molecule has 0 aliphatic carbocycles. The van der Waals surface area contributed by atoms with Gasteiger partial charge in [0.1, 0.15) is 0 Å². The highest BCUT2D eigenvalue weighted by molar-refractivity contribution is 5.76. The van der Waals surface area contributed by atoms with E-state index in [-0.39, 0.29) is 5.91 Å². The van der Waals surface area contributed by atoms with Crippen LogP contribution >= 0.6 is 0 Å². The Kier molecular flexibility index (Phi) is 5.48. The number of methoxy groups -OCH3 is 2. The third-order valence-corrected chi connectivity index (χ3v) is 4.21. The minimum Gasteiger partial charge on any atom is -0.493 e. The molecule has 21 heavy (non-hydrogen) atoms. The second kappa shape index (κ2) is 7.34.